The zero-order valence-corrected chi connectivity index (χ0v) is 13.0. The van der Waals surface area contributed by atoms with E-state index in [9.17, 15) is 8.42 Å². The molecule has 100 valence electrons. The number of nitrogen functional groups attached to an aromatic ring is 1. The lowest BCUT2D eigenvalue weighted by molar-refractivity contribution is 0.595. The van der Waals surface area contributed by atoms with Crippen LogP contribution in [0.4, 0.5) is 5.69 Å². The average molecular weight is 361 g/mol. The molecular formula is C13H11BrClNO2S. The quantitative estimate of drug-likeness (QED) is 0.850. The van der Waals surface area contributed by atoms with Gasteiger partial charge in [0.15, 0.2) is 9.84 Å². The van der Waals surface area contributed by atoms with E-state index in [1.54, 1.807) is 36.4 Å². The first-order chi connectivity index (χ1) is 8.90. The van der Waals surface area contributed by atoms with Gasteiger partial charge in [0, 0.05) is 15.2 Å². The number of sulfone groups is 1. The Morgan fingerprint density at radius 2 is 1.84 bits per heavy atom. The molecule has 0 saturated heterocycles. The Labute approximate surface area is 125 Å². The van der Waals surface area contributed by atoms with Gasteiger partial charge in [-0.05, 0) is 45.8 Å². The topological polar surface area (TPSA) is 60.2 Å². The molecule has 0 amide bonds. The van der Waals surface area contributed by atoms with Crippen LogP contribution in [-0.4, -0.2) is 8.42 Å². The minimum atomic E-state index is -3.47. The molecule has 19 heavy (non-hydrogen) atoms. The minimum absolute atomic E-state index is 0.144. The summed E-state index contributed by atoms with van der Waals surface area (Å²) in [5.41, 5.74) is 6.68. The van der Waals surface area contributed by atoms with Gasteiger partial charge in [0.2, 0.25) is 0 Å². The highest BCUT2D eigenvalue weighted by atomic mass is 79.9. The summed E-state index contributed by atoms with van der Waals surface area (Å²) in [6, 6.07) is 11.5. The maximum Gasteiger partial charge on any atom is 0.183 e. The molecule has 2 N–H and O–H groups in total. The average Bonchev–Trinajstić information content (AvgIpc) is 2.31. The second-order valence-corrected chi connectivity index (χ2v) is 7.26. The lowest BCUT2D eigenvalue weighted by atomic mass is 10.2. The Hall–Kier alpha value is -1.04. The molecule has 0 heterocycles. The SMILES string of the molecule is Nc1ccc(S(=O)(=O)Cc2ccccc2Cl)c(Br)c1. The van der Waals surface area contributed by atoms with Crippen LogP contribution in [0.3, 0.4) is 0 Å². The number of hydrogen-bond donors (Lipinski definition) is 1. The number of rotatable bonds is 3. The summed E-state index contributed by atoms with van der Waals surface area (Å²) in [4.78, 5) is 0.210. The van der Waals surface area contributed by atoms with E-state index in [0.717, 1.165) is 0 Å². The summed E-state index contributed by atoms with van der Waals surface area (Å²) in [5.74, 6) is -0.144. The fourth-order valence-corrected chi connectivity index (χ4v) is 4.53. The Morgan fingerprint density at radius 3 is 2.47 bits per heavy atom. The van der Waals surface area contributed by atoms with Gasteiger partial charge in [0.25, 0.3) is 0 Å². The first kappa shape index (κ1) is 14.4. The molecule has 0 fully saturated rings. The van der Waals surface area contributed by atoms with Crippen LogP contribution in [0.1, 0.15) is 5.56 Å². The van der Waals surface area contributed by atoms with Gasteiger partial charge >= 0.3 is 0 Å². The van der Waals surface area contributed by atoms with E-state index in [2.05, 4.69) is 15.9 Å². The summed E-state index contributed by atoms with van der Waals surface area (Å²) in [5, 5.41) is 0.442. The van der Waals surface area contributed by atoms with Gasteiger partial charge < -0.3 is 5.73 Å². The summed E-state index contributed by atoms with van der Waals surface area (Å²) in [7, 11) is -3.47. The van der Waals surface area contributed by atoms with Crippen molar-refractivity contribution in [1.29, 1.82) is 0 Å². The van der Waals surface area contributed by atoms with E-state index in [1.807, 2.05) is 0 Å². The first-order valence-corrected chi connectivity index (χ1v) is 8.23. The zero-order chi connectivity index (χ0) is 14.0. The van der Waals surface area contributed by atoms with Crippen molar-refractivity contribution >= 4 is 43.1 Å². The second-order valence-electron chi connectivity index (χ2n) is 4.04. The van der Waals surface area contributed by atoms with E-state index in [0.29, 0.717) is 20.7 Å². The standard InChI is InChI=1S/C13H11BrClNO2S/c14-11-7-10(16)5-6-13(11)19(17,18)8-9-3-1-2-4-12(9)15/h1-7H,8,16H2. The van der Waals surface area contributed by atoms with Crippen LogP contribution < -0.4 is 5.73 Å². The highest BCUT2D eigenvalue weighted by molar-refractivity contribution is 9.10. The lowest BCUT2D eigenvalue weighted by Crippen LogP contribution is -2.06. The first-order valence-electron chi connectivity index (χ1n) is 5.41. The molecule has 0 aliphatic carbocycles. The summed E-state index contributed by atoms with van der Waals surface area (Å²) < 4.78 is 25.2. The van der Waals surface area contributed by atoms with Crippen molar-refractivity contribution < 1.29 is 8.42 Å². The molecule has 0 saturated carbocycles. The number of nitrogens with two attached hydrogens (primary N) is 1. The van der Waals surface area contributed by atoms with Crippen molar-refractivity contribution in [3.05, 3.63) is 57.5 Å². The van der Waals surface area contributed by atoms with Crippen LogP contribution in [0.5, 0.6) is 0 Å². The fraction of sp³-hybridized carbons (Fsp3) is 0.0769. The molecule has 0 radical (unpaired) electrons. The van der Waals surface area contributed by atoms with E-state index in [-0.39, 0.29) is 10.6 Å². The molecule has 0 aromatic heterocycles. The van der Waals surface area contributed by atoms with Crippen LogP contribution >= 0.6 is 27.5 Å². The van der Waals surface area contributed by atoms with Gasteiger partial charge in [-0.2, -0.15) is 0 Å². The van der Waals surface area contributed by atoms with Crippen LogP contribution in [-0.2, 0) is 15.6 Å². The number of anilines is 1. The zero-order valence-electron chi connectivity index (χ0n) is 9.81. The van der Waals surface area contributed by atoms with Crippen molar-refractivity contribution in [2.24, 2.45) is 0 Å². The Bertz CT molecular complexity index is 716. The Kier molecular flexibility index (Phi) is 4.18. The van der Waals surface area contributed by atoms with Gasteiger partial charge in [-0.3, -0.25) is 0 Å². The van der Waals surface area contributed by atoms with Crippen LogP contribution in [0.15, 0.2) is 51.8 Å². The maximum atomic E-state index is 12.4. The number of hydrogen-bond acceptors (Lipinski definition) is 3. The van der Waals surface area contributed by atoms with Gasteiger partial charge in [-0.1, -0.05) is 29.8 Å². The van der Waals surface area contributed by atoms with Crippen molar-refractivity contribution in [2.75, 3.05) is 5.73 Å². The summed E-state index contributed by atoms with van der Waals surface area (Å²) in [6.07, 6.45) is 0. The van der Waals surface area contributed by atoms with E-state index in [4.69, 9.17) is 17.3 Å². The minimum Gasteiger partial charge on any atom is -0.399 e. The van der Waals surface area contributed by atoms with E-state index < -0.39 is 9.84 Å². The van der Waals surface area contributed by atoms with Crippen LogP contribution in [0.25, 0.3) is 0 Å². The predicted molar refractivity (Wildman–Crippen MR) is 80.9 cm³/mol. The molecule has 0 spiro atoms. The van der Waals surface area contributed by atoms with Crippen molar-refractivity contribution in [3.8, 4) is 0 Å². The van der Waals surface area contributed by atoms with Gasteiger partial charge in [-0.25, -0.2) is 8.42 Å². The highest BCUT2D eigenvalue weighted by Crippen LogP contribution is 2.28. The monoisotopic (exact) mass is 359 g/mol. The predicted octanol–water partition coefficient (Wildman–Crippen LogP) is 3.66. The van der Waals surface area contributed by atoms with Gasteiger partial charge in [0.1, 0.15) is 0 Å². The molecule has 2 aromatic rings. The summed E-state index contributed by atoms with van der Waals surface area (Å²) >= 11 is 9.21. The summed E-state index contributed by atoms with van der Waals surface area (Å²) in [6.45, 7) is 0. The normalized spacial score (nSPS) is 11.5. The smallest absolute Gasteiger partial charge is 0.183 e. The molecule has 3 nitrogen and oxygen atoms in total. The van der Waals surface area contributed by atoms with Crippen molar-refractivity contribution in [2.45, 2.75) is 10.6 Å². The highest BCUT2D eigenvalue weighted by Gasteiger charge is 2.19. The molecule has 6 heteroatoms. The molecule has 0 aliphatic heterocycles. The van der Waals surface area contributed by atoms with Gasteiger partial charge in [-0.15, -0.1) is 0 Å². The van der Waals surface area contributed by atoms with E-state index in [1.165, 1.54) is 6.07 Å². The largest absolute Gasteiger partial charge is 0.399 e. The molecule has 2 rings (SSSR count). The molecule has 2 aromatic carbocycles. The second kappa shape index (κ2) is 5.53. The number of benzene rings is 2. The molecule has 0 aliphatic rings. The van der Waals surface area contributed by atoms with Crippen LogP contribution in [0.2, 0.25) is 5.02 Å². The third kappa shape index (κ3) is 3.29. The molecule has 0 unspecified atom stereocenters. The van der Waals surface area contributed by atoms with Crippen molar-refractivity contribution in [3.63, 3.8) is 0 Å². The lowest BCUT2D eigenvalue weighted by Gasteiger charge is -2.08. The van der Waals surface area contributed by atoms with Crippen molar-refractivity contribution in [1.82, 2.24) is 0 Å². The fourth-order valence-electron chi connectivity index (χ4n) is 1.67. The molecular weight excluding hydrogens is 350 g/mol. The third-order valence-corrected chi connectivity index (χ3v) is 5.60. The molecule has 0 bridgehead atoms. The van der Waals surface area contributed by atoms with Crippen LogP contribution in [0, 0.1) is 0 Å². The number of halogens is 2. The third-order valence-electron chi connectivity index (χ3n) is 2.59. The maximum absolute atomic E-state index is 12.4. The molecule has 0 atom stereocenters. The Morgan fingerprint density at radius 1 is 1.16 bits per heavy atom. The Balaban J connectivity index is 2.41. The van der Waals surface area contributed by atoms with E-state index >= 15 is 0 Å². The van der Waals surface area contributed by atoms with Gasteiger partial charge in [0.05, 0.1) is 10.6 Å².